The van der Waals surface area contributed by atoms with Gasteiger partial charge in [0.15, 0.2) is 6.10 Å². The van der Waals surface area contributed by atoms with Gasteiger partial charge in [-0.1, -0.05) is 12.1 Å². The first-order chi connectivity index (χ1) is 20.2. The standard InChI is InChI=1S/C25H33F2N4O11P/c1-14(2)40-21(34)15(3)30-43(37,13-38-4)42-17-7-5-16(6-8-17)12-39-24(36)29-19-9-10-31(23(35)28-19)22-25(26,27)20(33)18(11-32)41-22/h5-10,14-15,18,20,22,32-33H,11-13H2,1-4H3,(H,30,37)(H,28,29,35,36)/t15-,18?,20?,22+,43?/m0/s1. The van der Waals surface area contributed by atoms with Gasteiger partial charge in [-0.05, 0) is 44.5 Å². The molecule has 2 aromatic rings. The van der Waals surface area contributed by atoms with E-state index in [0.29, 0.717) is 10.1 Å². The summed E-state index contributed by atoms with van der Waals surface area (Å²) in [5.74, 6) is -4.63. The van der Waals surface area contributed by atoms with E-state index in [1.165, 1.54) is 38.3 Å². The number of carbonyl (C=O) groups excluding carboxylic acids is 2. The van der Waals surface area contributed by atoms with Crippen molar-refractivity contribution < 1.29 is 56.6 Å². The molecule has 4 N–H and O–H groups in total. The monoisotopic (exact) mass is 634 g/mol. The van der Waals surface area contributed by atoms with Crippen molar-refractivity contribution in [3.8, 4) is 5.75 Å². The van der Waals surface area contributed by atoms with Gasteiger partial charge in [-0.25, -0.2) is 14.7 Å². The molecule has 15 nitrogen and oxygen atoms in total. The summed E-state index contributed by atoms with van der Waals surface area (Å²) in [6, 6.07) is 6.05. The third kappa shape index (κ3) is 8.78. The van der Waals surface area contributed by atoms with Crippen LogP contribution in [0.5, 0.6) is 5.75 Å². The van der Waals surface area contributed by atoms with Crippen molar-refractivity contribution >= 4 is 25.4 Å². The Hall–Kier alpha value is -3.47. The Kier molecular flexibility index (Phi) is 11.3. The molecule has 0 bridgehead atoms. The summed E-state index contributed by atoms with van der Waals surface area (Å²) in [5, 5.41) is 23.6. The van der Waals surface area contributed by atoms with Crippen molar-refractivity contribution in [2.75, 3.05) is 25.4 Å². The Labute approximate surface area is 244 Å². The molecule has 1 aliphatic rings. The second-order valence-electron chi connectivity index (χ2n) is 9.70. The van der Waals surface area contributed by atoms with Gasteiger partial charge in [0.2, 0.25) is 6.23 Å². The molecule has 1 fully saturated rings. The van der Waals surface area contributed by atoms with E-state index in [9.17, 15) is 32.8 Å². The first-order valence-corrected chi connectivity index (χ1v) is 14.7. The van der Waals surface area contributed by atoms with Crippen LogP contribution in [0.15, 0.2) is 41.3 Å². The summed E-state index contributed by atoms with van der Waals surface area (Å²) in [4.78, 5) is 40.1. The molecule has 18 heteroatoms. The van der Waals surface area contributed by atoms with E-state index in [1.54, 1.807) is 13.8 Å². The number of aliphatic hydroxyl groups is 2. The summed E-state index contributed by atoms with van der Waals surface area (Å²) < 4.78 is 68.0. The van der Waals surface area contributed by atoms with E-state index < -0.39 is 62.3 Å². The number of ether oxygens (including phenoxy) is 4. The van der Waals surface area contributed by atoms with E-state index in [4.69, 9.17) is 28.6 Å². The van der Waals surface area contributed by atoms with Gasteiger partial charge in [-0.3, -0.25) is 19.2 Å². The highest BCUT2D eigenvalue weighted by molar-refractivity contribution is 7.57. The molecule has 1 aromatic heterocycles. The van der Waals surface area contributed by atoms with Crippen LogP contribution in [-0.2, 0) is 34.9 Å². The average Bonchev–Trinajstić information content (AvgIpc) is 3.15. The molecule has 1 amide bonds. The highest BCUT2D eigenvalue weighted by atomic mass is 31.2. The molecule has 43 heavy (non-hydrogen) atoms. The predicted molar refractivity (Wildman–Crippen MR) is 145 cm³/mol. The molecule has 3 rings (SSSR count). The molecule has 0 aliphatic carbocycles. The number of halogens is 2. The Balaban J connectivity index is 1.56. The van der Waals surface area contributed by atoms with E-state index in [-0.39, 0.29) is 30.6 Å². The number of esters is 1. The van der Waals surface area contributed by atoms with Crippen molar-refractivity contribution in [1.29, 1.82) is 0 Å². The van der Waals surface area contributed by atoms with Gasteiger partial charge in [0.05, 0.1) is 12.7 Å². The number of hydrogen-bond donors (Lipinski definition) is 4. The zero-order chi connectivity index (χ0) is 31.9. The number of benzene rings is 1. The number of alkyl halides is 2. The van der Waals surface area contributed by atoms with E-state index >= 15 is 0 Å². The van der Waals surface area contributed by atoms with Gasteiger partial charge in [-0.2, -0.15) is 13.8 Å². The zero-order valence-corrected chi connectivity index (χ0v) is 24.5. The van der Waals surface area contributed by atoms with Crippen LogP contribution in [0.25, 0.3) is 0 Å². The number of nitrogens with one attached hydrogen (secondary N) is 2. The number of aliphatic hydroxyl groups excluding tert-OH is 2. The largest absolute Gasteiger partial charge is 0.462 e. The molecular formula is C25H33F2N4O11P. The van der Waals surface area contributed by atoms with Gasteiger partial charge in [0.1, 0.15) is 36.7 Å². The van der Waals surface area contributed by atoms with Crippen LogP contribution in [0.4, 0.5) is 19.4 Å². The lowest BCUT2D eigenvalue weighted by Crippen LogP contribution is -2.41. The van der Waals surface area contributed by atoms with E-state index in [0.717, 1.165) is 12.3 Å². The molecule has 2 heterocycles. The Morgan fingerprint density at radius 1 is 1.21 bits per heavy atom. The maximum Gasteiger partial charge on any atom is 0.413 e. The first kappa shape index (κ1) is 34.0. The Morgan fingerprint density at radius 3 is 2.44 bits per heavy atom. The number of aromatic nitrogens is 2. The fourth-order valence-corrected chi connectivity index (χ4v) is 5.51. The highest BCUT2D eigenvalue weighted by Crippen LogP contribution is 2.44. The van der Waals surface area contributed by atoms with Crippen molar-refractivity contribution in [2.45, 2.75) is 63.9 Å². The van der Waals surface area contributed by atoms with Crippen LogP contribution < -0.4 is 20.6 Å². The summed E-state index contributed by atoms with van der Waals surface area (Å²) in [6.45, 7) is 3.71. The minimum absolute atomic E-state index is 0.171. The fourth-order valence-electron chi connectivity index (χ4n) is 3.83. The SMILES string of the molecule is COCP(=O)(N[C@@H](C)C(=O)OC(C)C)Oc1ccc(COC(=O)Nc2ccn([C@@H]3OC(CO)C(O)C3(F)F)c(=O)n2)cc1. The predicted octanol–water partition coefficient (Wildman–Crippen LogP) is 1.98. The molecule has 0 radical (unpaired) electrons. The summed E-state index contributed by atoms with van der Waals surface area (Å²) in [6.07, 6.45) is -6.97. The highest BCUT2D eigenvalue weighted by Gasteiger charge is 2.59. The lowest BCUT2D eigenvalue weighted by molar-refractivity contribution is -0.149. The fraction of sp³-hybridized carbons (Fsp3) is 0.520. The van der Waals surface area contributed by atoms with Gasteiger partial charge < -0.3 is 33.7 Å². The van der Waals surface area contributed by atoms with Gasteiger partial charge in [-0.15, -0.1) is 0 Å². The molecule has 0 saturated carbocycles. The minimum Gasteiger partial charge on any atom is -0.462 e. The molecule has 0 spiro atoms. The lowest BCUT2D eigenvalue weighted by atomic mass is 10.1. The summed E-state index contributed by atoms with van der Waals surface area (Å²) in [7, 11) is -2.36. The zero-order valence-electron chi connectivity index (χ0n) is 23.6. The normalized spacial score (nSPS) is 21.6. The van der Waals surface area contributed by atoms with Gasteiger partial charge in [0.25, 0.3) is 0 Å². The Morgan fingerprint density at radius 2 is 1.88 bits per heavy atom. The smallest absolute Gasteiger partial charge is 0.413 e. The summed E-state index contributed by atoms with van der Waals surface area (Å²) >= 11 is 0. The van der Waals surface area contributed by atoms with Gasteiger partial charge in [0, 0.05) is 13.3 Å². The van der Waals surface area contributed by atoms with Crippen LogP contribution in [0.3, 0.4) is 0 Å². The molecule has 238 valence electrons. The number of amides is 1. The van der Waals surface area contributed by atoms with Crippen LogP contribution >= 0.6 is 7.52 Å². The number of carbonyl (C=O) groups is 2. The van der Waals surface area contributed by atoms with Crippen molar-refractivity contribution in [1.82, 2.24) is 14.6 Å². The third-order valence-electron chi connectivity index (χ3n) is 5.81. The van der Waals surface area contributed by atoms with Crippen LogP contribution in [0.2, 0.25) is 0 Å². The topological polar surface area (TPSA) is 197 Å². The number of methoxy groups -OCH3 is 1. The number of anilines is 1. The van der Waals surface area contributed by atoms with Crippen LogP contribution in [-0.4, -0.2) is 82.2 Å². The molecule has 1 aromatic carbocycles. The minimum atomic E-state index is -3.88. The van der Waals surface area contributed by atoms with E-state index in [2.05, 4.69) is 15.4 Å². The second-order valence-corrected chi connectivity index (χ2v) is 11.7. The second kappa shape index (κ2) is 14.3. The molecule has 3 unspecified atom stereocenters. The van der Waals surface area contributed by atoms with E-state index in [1.807, 2.05) is 0 Å². The van der Waals surface area contributed by atoms with Crippen molar-refractivity contribution in [2.24, 2.45) is 0 Å². The number of nitrogens with zero attached hydrogens (tertiary/aromatic N) is 2. The number of rotatable bonds is 13. The first-order valence-electron chi connectivity index (χ1n) is 12.9. The summed E-state index contributed by atoms with van der Waals surface area (Å²) in [5.41, 5.74) is -0.720. The molecule has 5 atom stereocenters. The third-order valence-corrected chi connectivity index (χ3v) is 7.70. The van der Waals surface area contributed by atoms with Crippen molar-refractivity contribution in [3.63, 3.8) is 0 Å². The van der Waals surface area contributed by atoms with Crippen molar-refractivity contribution in [3.05, 3.63) is 52.6 Å². The molecule has 1 aliphatic heterocycles. The molecule has 1 saturated heterocycles. The lowest BCUT2D eigenvalue weighted by Gasteiger charge is -2.23. The van der Waals surface area contributed by atoms with Crippen LogP contribution in [0.1, 0.15) is 32.6 Å². The maximum absolute atomic E-state index is 14.3. The Bertz CT molecular complexity index is 1380. The average molecular weight is 635 g/mol. The number of hydrogen-bond acceptors (Lipinski definition) is 12. The van der Waals surface area contributed by atoms with Gasteiger partial charge >= 0.3 is 31.2 Å². The molecular weight excluding hydrogens is 601 g/mol. The van der Waals surface area contributed by atoms with Crippen LogP contribution in [0, 0.1) is 0 Å². The quantitative estimate of drug-likeness (QED) is 0.185. The maximum atomic E-state index is 14.3.